The largest absolute Gasteiger partial charge is 0.486 e. The van der Waals surface area contributed by atoms with Crippen LogP contribution in [0, 0.1) is 5.92 Å². The molecule has 0 atom stereocenters. The number of hydrogen-bond acceptors (Lipinski definition) is 6. The van der Waals surface area contributed by atoms with Gasteiger partial charge in [-0.1, -0.05) is 0 Å². The lowest BCUT2D eigenvalue weighted by Crippen LogP contribution is -2.38. The van der Waals surface area contributed by atoms with Gasteiger partial charge < -0.3 is 15.2 Å². The molecule has 3 heterocycles. The first-order valence-electron chi connectivity index (χ1n) is 10.0. The summed E-state index contributed by atoms with van der Waals surface area (Å²) in [5, 5.41) is 4.81. The van der Waals surface area contributed by atoms with Crippen molar-refractivity contribution in [2.45, 2.75) is 38.1 Å². The minimum atomic E-state index is -0.185. The van der Waals surface area contributed by atoms with Crippen molar-refractivity contribution in [1.29, 1.82) is 0 Å². The van der Waals surface area contributed by atoms with E-state index >= 15 is 0 Å². The Morgan fingerprint density at radius 3 is 2.57 bits per heavy atom. The third-order valence-corrected chi connectivity index (χ3v) is 5.76. The monoisotopic (exact) mass is 383 g/mol. The number of carbonyl (C=O) groups excluding carboxylic acids is 1. The number of carbonyl (C=O) groups is 1. The van der Waals surface area contributed by atoms with E-state index in [9.17, 15) is 4.79 Å². The fourth-order valence-electron chi connectivity index (χ4n) is 3.93. The molecule has 2 fully saturated rings. The number of piperidine rings is 1. The summed E-state index contributed by atoms with van der Waals surface area (Å²) in [6.07, 6.45) is 3.94. The molecule has 1 aromatic heterocycles. The molecule has 1 saturated carbocycles. The van der Waals surface area contributed by atoms with Crippen LogP contribution in [0.25, 0.3) is 5.69 Å². The standard InChI is InChI=1S/C20H25N5O3/c21-19(26)13-5-7-24(8-6-13)12-18-22-20(14-1-2-14)23-25(18)15-3-4-16-17(11-15)28-10-9-27-16/h3-4,11,13-14H,1-2,5-10,12H2,(H2,21,26). The number of nitrogens with zero attached hydrogens (tertiary/aromatic N) is 4. The van der Waals surface area contributed by atoms with Crippen LogP contribution in [-0.4, -0.2) is 51.9 Å². The van der Waals surface area contributed by atoms with Crippen LogP contribution in [0.3, 0.4) is 0 Å². The van der Waals surface area contributed by atoms with E-state index in [-0.39, 0.29) is 11.8 Å². The first-order valence-corrected chi connectivity index (χ1v) is 10.0. The molecule has 1 aliphatic carbocycles. The topological polar surface area (TPSA) is 95.5 Å². The van der Waals surface area contributed by atoms with Gasteiger partial charge >= 0.3 is 0 Å². The molecule has 0 unspecified atom stereocenters. The average molecular weight is 383 g/mol. The van der Waals surface area contributed by atoms with Gasteiger partial charge in [-0.05, 0) is 50.9 Å². The van der Waals surface area contributed by atoms with E-state index < -0.39 is 0 Å². The maximum Gasteiger partial charge on any atom is 0.220 e. The smallest absolute Gasteiger partial charge is 0.220 e. The van der Waals surface area contributed by atoms with Gasteiger partial charge in [-0.25, -0.2) is 9.67 Å². The number of hydrogen-bond donors (Lipinski definition) is 1. The van der Waals surface area contributed by atoms with Crippen LogP contribution in [0.4, 0.5) is 0 Å². The highest BCUT2D eigenvalue weighted by atomic mass is 16.6. The van der Waals surface area contributed by atoms with Gasteiger partial charge in [0.1, 0.15) is 19.0 Å². The maximum atomic E-state index is 11.4. The SMILES string of the molecule is NC(=O)C1CCN(Cc2nc(C3CC3)nn2-c2ccc3c(c2)OCCO3)CC1. The van der Waals surface area contributed by atoms with Crippen LogP contribution in [0.2, 0.25) is 0 Å². The molecule has 2 N–H and O–H groups in total. The number of likely N-dealkylation sites (tertiary alicyclic amines) is 1. The molecule has 1 saturated heterocycles. The predicted molar refractivity (Wildman–Crippen MR) is 102 cm³/mol. The summed E-state index contributed by atoms with van der Waals surface area (Å²) in [6, 6.07) is 5.91. The Morgan fingerprint density at radius 2 is 1.86 bits per heavy atom. The van der Waals surface area contributed by atoms with Crippen LogP contribution in [-0.2, 0) is 11.3 Å². The maximum absolute atomic E-state index is 11.4. The molecule has 0 spiro atoms. The van der Waals surface area contributed by atoms with E-state index in [0.717, 1.165) is 67.6 Å². The van der Waals surface area contributed by atoms with Crippen molar-refractivity contribution in [3.05, 3.63) is 29.8 Å². The van der Waals surface area contributed by atoms with Gasteiger partial charge in [0.05, 0.1) is 12.2 Å². The zero-order valence-corrected chi connectivity index (χ0v) is 15.8. The lowest BCUT2D eigenvalue weighted by Gasteiger charge is -2.30. The molecular formula is C20H25N5O3. The second-order valence-electron chi connectivity index (χ2n) is 7.85. The molecule has 148 valence electrons. The molecule has 1 amide bonds. The van der Waals surface area contributed by atoms with Crippen molar-refractivity contribution >= 4 is 5.91 Å². The first-order chi connectivity index (χ1) is 13.7. The van der Waals surface area contributed by atoms with Crippen LogP contribution in [0.5, 0.6) is 11.5 Å². The molecular weight excluding hydrogens is 358 g/mol. The minimum Gasteiger partial charge on any atom is -0.486 e. The Kier molecular flexibility index (Phi) is 4.43. The van der Waals surface area contributed by atoms with E-state index in [2.05, 4.69) is 4.90 Å². The highest BCUT2D eigenvalue weighted by Gasteiger charge is 2.30. The van der Waals surface area contributed by atoms with E-state index in [0.29, 0.717) is 25.7 Å². The molecule has 1 aromatic carbocycles. The fourth-order valence-corrected chi connectivity index (χ4v) is 3.93. The van der Waals surface area contributed by atoms with Crippen molar-refractivity contribution in [1.82, 2.24) is 19.7 Å². The molecule has 8 nitrogen and oxygen atoms in total. The van der Waals surface area contributed by atoms with Crippen molar-refractivity contribution in [3.63, 3.8) is 0 Å². The Bertz CT molecular complexity index is 884. The summed E-state index contributed by atoms with van der Waals surface area (Å²) in [7, 11) is 0. The number of ether oxygens (including phenoxy) is 2. The van der Waals surface area contributed by atoms with Gasteiger partial charge in [-0.3, -0.25) is 9.69 Å². The number of rotatable bonds is 5. The number of fused-ring (bicyclic) bond motifs is 1. The zero-order chi connectivity index (χ0) is 19.1. The quantitative estimate of drug-likeness (QED) is 0.843. The van der Waals surface area contributed by atoms with Crippen LogP contribution >= 0.6 is 0 Å². The molecule has 0 radical (unpaired) electrons. The van der Waals surface area contributed by atoms with Crippen molar-refractivity contribution < 1.29 is 14.3 Å². The Hall–Kier alpha value is -2.61. The Balaban J connectivity index is 1.40. The Morgan fingerprint density at radius 1 is 1.11 bits per heavy atom. The van der Waals surface area contributed by atoms with E-state index in [1.54, 1.807) is 0 Å². The first kappa shape index (κ1) is 17.5. The highest BCUT2D eigenvalue weighted by Crippen LogP contribution is 2.39. The minimum absolute atomic E-state index is 0.00561. The van der Waals surface area contributed by atoms with E-state index in [1.807, 2.05) is 22.9 Å². The summed E-state index contributed by atoms with van der Waals surface area (Å²) in [6.45, 7) is 3.54. The summed E-state index contributed by atoms with van der Waals surface area (Å²) in [5.74, 6) is 3.67. The summed E-state index contributed by atoms with van der Waals surface area (Å²) >= 11 is 0. The van der Waals surface area contributed by atoms with E-state index in [1.165, 1.54) is 0 Å². The molecule has 5 rings (SSSR count). The molecule has 0 bridgehead atoms. The third kappa shape index (κ3) is 3.44. The number of primary amides is 1. The highest BCUT2D eigenvalue weighted by molar-refractivity contribution is 5.76. The van der Waals surface area contributed by atoms with Crippen LogP contribution in [0.15, 0.2) is 18.2 Å². The van der Waals surface area contributed by atoms with Crippen molar-refractivity contribution in [3.8, 4) is 17.2 Å². The second kappa shape index (κ2) is 7.09. The van der Waals surface area contributed by atoms with Crippen LogP contribution in [0.1, 0.15) is 43.3 Å². The number of amides is 1. The Labute approximate surface area is 163 Å². The van der Waals surface area contributed by atoms with Gasteiger partial charge in [-0.15, -0.1) is 0 Å². The van der Waals surface area contributed by atoms with E-state index in [4.69, 9.17) is 25.3 Å². The van der Waals surface area contributed by atoms with Crippen molar-refractivity contribution in [2.24, 2.45) is 11.7 Å². The molecule has 2 aromatic rings. The zero-order valence-electron chi connectivity index (χ0n) is 15.8. The lowest BCUT2D eigenvalue weighted by molar-refractivity contribution is -0.123. The lowest BCUT2D eigenvalue weighted by atomic mass is 9.96. The fraction of sp³-hybridized carbons (Fsp3) is 0.550. The molecule has 3 aliphatic rings. The van der Waals surface area contributed by atoms with Gasteiger partial charge in [0.2, 0.25) is 5.91 Å². The van der Waals surface area contributed by atoms with Crippen LogP contribution < -0.4 is 15.2 Å². The summed E-state index contributed by atoms with van der Waals surface area (Å²) < 4.78 is 13.3. The van der Waals surface area contributed by atoms with Crippen molar-refractivity contribution in [2.75, 3.05) is 26.3 Å². The number of aromatic nitrogens is 3. The molecule has 28 heavy (non-hydrogen) atoms. The van der Waals surface area contributed by atoms with Gasteiger partial charge in [0.25, 0.3) is 0 Å². The predicted octanol–water partition coefficient (Wildman–Crippen LogP) is 1.61. The van der Waals surface area contributed by atoms with Gasteiger partial charge in [-0.2, -0.15) is 5.10 Å². The number of benzene rings is 1. The summed E-state index contributed by atoms with van der Waals surface area (Å²) in [5.41, 5.74) is 6.39. The van der Waals surface area contributed by atoms with Gasteiger partial charge in [0.15, 0.2) is 17.3 Å². The summed E-state index contributed by atoms with van der Waals surface area (Å²) in [4.78, 5) is 18.6. The second-order valence-corrected chi connectivity index (χ2v) is 7.85. The average Bonchev–Trinajstić information content (AvgIpc) is 3.49. The number of nitrogens with two attached hydrogens (primary N) is 1. The molecule has 2 aliphatic heterocycles. The third-order valence-electron chi connectivity index (χ3n) is 5.76. The normalized spacial score (nSPS) is 20.3. The molecule has 8 heteroatoms. The van der Waals surface area contributed by atoms with Gasteiger partial charge in [0, 0.05) is 17.9 Å².